The summed E-state index contributed by atoms with van der Waals surface area (Å²) >= 11 is 0. The molecule has 1 aromatic heterocycles. The molecule has 1 N–H and O–H groups in total. The molecule has 116 valence electrons. The minimum Gasteiger partial charge on any atom is -0.464 e. The number of rotatable bonds is 4. The summed E-state index contributed by atoms with van der Waals surface area (Å²) in [5, 5.41) is 6.99. The molecule has 0 spiro atoms. The molecule has 2 rings (SSSR count). The summed E-state index contributed by atoms with van der Waals surface area (Å²) in [6.07, 6.45) is 5.74. The van der Waals surface area contributed by atoms with E-state index in [1.54, 1.807) is 18.7 Å². The van der Waals surface area contributed by atoms with E-state index in [9.17, 15) is 9.59 Å². The number of carbonyl (C=O) groups excluding carboxylic acids is 2. The standard InChI is InChI=1S/C15H23N3O3/c1-4-21-14(20)15(8-6-5-7-9-15)17-13(19)12-10-16-18(3)11(12)2/h10H,4-9H2,1-3H3,(H,17,19). The van der Waals surface area contributed by atoms with Crippen LogP contribution in [0.3, 0.4) is 0 Å². The van der Waals surface area contributed by atoms with Crippen molar-refractivity contribution in [2.24, 2.45) is 7.05 Å². The van der Waals surface area contributed by atoms with Gasteiger partial charge in [-0.15, -0.1) is 0 Å². The van der Waals surface area contributed by atoms with Crippen LogP contribution in [0.2, 0.25) is 0 Å². The van der Waals surface area contributed by atoms with E-state index in [-0.39, 0.29) is 11.9 Å². The van der Waals surface area contributed by atoms with E-state index < -0.39 is 5.54 Å². The number of aryl methyl sites for hydroxylation is 1. The number of nitrogens with zero attached hydrogens (tertiary/aromatic N) is 2. The number of esters is 1. The van der Waals surface area contributed by atoms with Crippen LogP contribution in [0.15, 0.2) is 6.20 Å². The van der Waals surface area contributed by atoms with Crippen LogP contribution in [-0.4, -0.2) is 33.8 Å². The zero-order valence-electron chi connectivity index (χ0n) is 12.9. The second-order valence-corrected chi connectivity index (χ2v) is 5.58. The van der Waals surface area contributed by atoms with Crippen molar-refractivity contribution in [2.75, 3.05) is 6.61 Å². The van der Waals surface area contributed by atoms with Gasteiger partial charge in [0.15, 0.2) is 0 Å². The van der Waals surface area contributed by atoms with E-state index in [1.807, 2.05) is 6.92 Å². The van der Waals surface area contributed by atoms with Crippen molar-refractivity contribution < 1.29 is 14.3 Å². The zero-order chi connectivity index (χ0) is 15.5. The van der Waals surface area contributed by atoms with E-state index in [0.717, 1.165) is 25.0 Å². The number of amides is 1. The van der Waals surface area contributed by atoms with E-state index in [1.165, 1.54) is 6.20 Å². The van der Waals surface area contributed by atoms with Gasteiger partial charge in [0.05, 0.1) is 18.4 Å². The predicted molar refractivity (Wildman–Crippen MR) is 77.9 cm³/mol. The van der Waals surface area contributed by atoms with Crippen LogP contribution in [0.25, 0.3) is 0 Å². The Labute approximate surface area is 124 Å². The zero-order valence-corrected chi connectivity index (χ0v) is 12.9. The Kier molecular flexibility index (Phi) is 4.65. The quantitative estimate of drug-likeness (QED) is 0.858. The highest BCUT2D eigenvalue weighted by atomic mass is 16.5. The van der Waals surface area contributed by atoms with Crippen LogP contribution < -0.4 is 5.32 Å². The van der Waals surface area contributed by atoms with Crippen molar-refractivity contribution in [2.45, 2.75) is 51.5 Å². The molecule has 1 saturated carbocycles. The molecular formula is C15H23N3O3. The molecule has 1 amide bonds. The first kappa shape index (κ1) is 15.5. The third-order valence-corrected chi connectivity index (χ3v) is 4.21. The Morgan fingerprint density at radius 3 is 2.57 bits per heavy atom. The van der Waals surface area contributed by atoms with E-state index in [2.05, 4.69) is 10.4 Å². The van der Waals surface area contributed by atoms with Gasteiger partial charge in [0, 0.05) is 12.7 Å². The van der Waals surface area contributed by atoms with E-state index >= 15 is 0 Å². The van der Waals surface area contributed by atoms with Gasteiger partial charge in [-0.2, -0.15) is 5.10 Å². The molecule has 6 heteroatoms. The summed E-state index contributed by atoms with van der Waals surface area (Å²) < 4.78 is 6.83. The smallest absolute Gasteiger partial charge is 0.331 e. The summed E-state index contributed by atoms with van der Waals surface area (Å²) in [4.78, 5) is 24.8. The maximum atomic E-state index is 12.5. The lowest BCUT2D eigenvalue weighted by atomic mass is 9.81. The van der Waals surface area contributed by atoms with Gasteiger partial charge in [-0.1, -0.05) is 19.3 Å². The maximum absolute atomic E-state index is 12.5. The van der Waals surface area contributed by atoms with Crippen LogP contribution in [0.1, 0.15) is 55.1 Å². The average molecular weight is 293 g/mol. The van der Waals surface area contributed by atoms with Gasteiger partial charge >= 0.3 is 5.97 Å². The van der Waals surface area contributed by atoms with Crippen LogP contribution in [0, 0.1) is 6.92 Å². The Morgan fingerprint density at radius 2 is 2.05 bits per heavy atom. The SMILES string of the molecule is CCOC(=O)C1(NC(=O)c2cnn(C)c2C)CCCCC1. The number of nitrogens with one attached hydrogen (secondary N) is 1. The van der Waals surface area contributed by atoms with Gasteiger partial charge in [-0.25, -0.2) is 4.79 Å². The van der Waals surface area contributed by atoms with Gasteiger partial charge in [-0.05, 0) is 26.7 Å². The lowest BCUT2D eigenvalue weighted by molar-refractivity contribution is -0.152. The molecule has 1 heterocycles. The Morgan fingerprint density at radius 1 is 1.38 bits per heavy atom. The molecule has 1 aromatic rings. The molecule has 21 heavy (non-hydrogen) atoms. The second-order valence-electron chi connectivity index (χ2n) is 5.58. The third kappa shape index (κ3) is 3.09. The third-order valence-electron chi connectivity index (χ3n) is 4.21. The van der Waals surface area contributed by atoms with Crippen molar-refractivity contribution in [1.82, 2.24) is 15.1 Å². The van der Waals surface area contributed by atoms with Crippen LogP contribution >= 0.6 is 0 Å². The average Bonchev–Trinajstić information content (AvgIpc) is 2.80. The van der Waals surface area contributed by atoms with Gasteiger partial charge < -0.3 is 10.1 Å². The lowest BCUT2D eigenvalue weighted by Gasteiger charge is -2.35. The van der Waals surface area contributed by atoms with Crippen LogP contribution in [0.4, 0.5) is 0 Å². The molecule has 0 atom stereocenters. The number of carbonyl (C=O) groups is 2. The van der Waals surface area contributed by atoms with Gasteiger partial charge in [0.1, 0.15) is 5.54 Å². The van der Waals surface area contributed by atoms with E-state index in [4.69, 9.17) is 4.74 Å². The monoisotopic (exact) mass is 293 g/mol. The fourth-order valence-corrected chi connectivity index (χ4v) is 2.81. The molecule has 0 unspecified atom stereocenters. The first-order chi connectivity index (χ1) is 10.00. The Hall–Kier alpha value is -1.85. The molecule has 1 aliphatic carbocycles. The first-order valence-corrected chi connectivity index (χ1v) is 7.48. The van der Waals surface area contributed by atoms with Crippen molar-refractivity contribution in [3.8, 4) is 0 Å². The minimum absolute atomic E-state index is 0.254. The van der Waals surface area contributed by atoms with Crippen LogP contribution in [0.5, 0.6) is 0 Å². The van der Waals surface area contributed by atoms with Crippen LogP contribution in [-0.2, 0) is 16.6 Å². The largest absolute Gasteiger partial charge is 0.464 e. The normalized spacial score (nSPS) is 17.3. The summed E-state index contributed by atoms with van der Waals surface area (Å²) in [6.45, 7) is 3.93. The van der Waals surface area contributed by atoms with Gasteiger partial charge in [0.25, 0.3) is 5.91 Å². The predicted octanol–water partition coefficient (Wildman–Crippen LogP) is 1.72. The second kappa shape index (κ2) is 6.28. The summed E-state index contributed by atoms with van der Waals surface area (Å²) in [5.41, 5.74) is 0.405. The number of aromatic nitrogens is 2. The molecule has 0 bridgehead atoms. The molecule has 6 nitrogen and oxygen atoms in total. The number of ether oxygens (including phenoxy) is 1. The molecular weight excluding hydrogens is 270 g/mol. The first-order valence-electron chi connectivity index (χ1n) is 7.48. The minimum atomic E-state index is -0.881. The summed E-state index contributed by atoms with van der Waals surface area (Å²) in [7, 11) is 1.79. The fourth-order valence-electron chi connectivity index (χ4n) is 2.81. The number of hydrogen-bond donors (Lipinski definition) is 1. The Bertz CT molecular complexity index is 530. The number of hydrogen-bond acceptors (Lipinski definition) is 4. The fraction of sp³-hybridized carbons (Fsp3) is 0.667. The summed E-state index contributed by atoms with van der Waals surface area (Å²) in [6, 6.07) is 0. The topological polar surface area (TPSA) is 73.2 Å². The van der Waals surface area contributed by atoms with Crippen molar-refractivity contribution in [3.05, 3.63) is 17.5 Å². The highest BCUT2D eigenvalue weighted by Gasteiger charge is 2.42. The van der Waals surface area contributed by atoms with Gasteiger partial charge in [-0.3, -0.25) is 9.48 Å². The molecule has 0 saturated heterocycles. The lowest BCUT2D eigenvalue weighted by Crippen LogP contribution is -2.56. The van der Waals surface area contributed by atoms with Crippen molar-refractivity contribution in [1.29, 1.82) is 0 Å². The highest BCUT2D eigenvalue weighted by molar-refractivity contribution is 5.98. The maximum Gasteiger partial charge on any atom is 0.331 e. The summed E-state index contributed by atoms with van der Waals surface area (Å²) in [5.74, 6) is -0.574. The molecule has 0 aliphatic heterocycles. The highest BCUT2D eigenvalue weighted by Crippen LogP contribution is 2.30. The Balaban J connectivity index is 2.20. The van der Waals surface area contributed by atoms with E-state index in [0.29, 0.717) is 25.0 Å². The van der Waals surface area contributed by atoms with Crippen molar-refractivity contribution >= 4 is 11.9 Å². The molecule has 1 fully saturated rings. The van der Waals surface area contributed by atoms with Gasteiger partial charge in [0.2, 0.25) is 0 Å². The molecule has 0 aromatic carbocycles. The molecule has 0 radical (unpaired) electrons. The van der Waals surface area contributed by atoms with Crippen molar-refractivity contribution in [3.63, 3.8) is 0 Å². The molecule has 1 aliphatic rings.